The lowest BCUT2D eigenvalue weighted by Crippen LogP contribution is -2.51. The SMILES string of the molecule is CC(C)(C)OC(=O)N[C@H]1CCN(CCN2CCN(C(=O)OC(C)(C)C)CC2)C1. The van der Waals surface area contributed by atoms with Crippen molar-refractivity contribution in [2.24, 2.45) is 0 Å². The molecule has 0 aromatic heterocycles. The molecule has 8 heteroatoms. The van der Waals surface area contributed by atoms with Crippen molar-refractivity contribution < 1.29 is 19.1 Å². The summed E-state index contributed by atoms with van der Waals surface area (Å²) in [6.07, 6.45) is 0.395. The molecule has 2 amide bonds. The molecule has 2 saturated heterocycles. The van der Waals surface area contributed by atoms with Crippen LogP contribution in [0.5, 0.6) is 0 Å². The third-order valence-electron chi connectivity index (χ3n) is 4.75. The van der Waals surface area contributed by atoms with Gasteiger partial charge in [0.15, 0.2) is 0 Å². The van der Waals surface area contributed by atoms with E-state index in [9.17, 15) is 9.59 Å². The zero-order valence-corrected chi connectivity index (χ0v) is 18.4. The minimum atomic E-state index is -0.468. The molecule has 1 N–H and O–H groups in total. The molecule has 8 nitrogen and oxygen atoms in total. The maximum absolute atomic E-state index is 12.1. The average Bonchev–Trinajstić information content (AvgIpc) is 2.97. The minimum Gasteiger partial charge on any atom is -0.444 e. The highest BCUT2D eigenvalue weighted by molar-refractivity contribution is 5.68. The predicted molar refractivity (Wildman–Crippen MR) is 108 cm³/mol. The standard InChI is InChI=1S/C20H38N4O4/c1-19(2,3)27-17(25)21-16-7-8-23(15-16)10-9-22-11-13-24(14-12-22)18(26)28-20(4,5)6/h16H,7-15H2,1-6H3,(H,21,25)/t16-/m0/s1. The van der Waals surface area contributed by atoms with Crippen molar-refractivity contribution in [2.45, 2.75) is 65.2 Å². The third-order valence-corrected chi connectivity index (χ3v) is 4.75. The first-order chi connectivity index (χ1) is 12.9. The Morgan fingerprint density at radius 1 is 0.857 bits per heavy atom. The number of piperazine rings is 1. The summed E-state index contributed by atoms with van der Waals surface area (Å²) in [4.78, 5) is 30.6. The van der Waals surface area contributed by atoms with Gasteiger partial charge in [-0.2, -0.15) is 0 Å². The van der Waals surface area contributed by atoms with E-state index in [-0.39, 0.29) is 18.2 Å². The van der Waals surface area contributed by atoms with E-state index in [0.717, 1.165) is 45.7 Å². The van der Waals surface area contributed by atoms with E-state index in [1.54, 1.807) is 4.90 Å². The molecule has 0 radical (unpaired) electrons. The Labute approximate surface area is 169 Å². The maximum atomic E-state index is 12.1. The summed E-state index contributed by atoms with van der Waals surface area (Å²) in [6, 6.07) is 0.152. The highest BCUT2D eigenvalue weighted by Gasteiger charge is 2.28. The van der Waals surface area contributed by atoms with Crippen molar-refractivity contribution in [2.75, 3.05) is 52.4 Å². The Kier molecular flexibility index (Phi) is 7.56. The van der Waals surface area contributed by atoms with Crippen LogP contribution in [0.1, 0.15) is 48.0 Å². The predicted octanol–water partition coefficient (Wildman–Crippen LogP) is 2.14. The molecule has 0 saturated carbocycles. The second-order valence-electron chi connectivity index (χ2n) is 9.74. The average molecular weight is 399 g/mol. The van der Waals surface area contributed by atoms with Gasteiger partial charge in [0.25, 0.3) is 0 Å². The zero-order valence-electron chi connectivity index (χ0n) is 18.4. The van der Waals surface area contributed by atoms with Crippen LogP contribution in [0.4, 0.5) is 9.59 Å². The van der Waals surface area contributed by atoms with Crippen LogP contribution in [0, 0.1) is 0 Å². The van der Waals surface area contributed by atoms with Crippen molar-refractivity contribution in [3.05, 3.63) is 0 Å². The molecule has 2 rings (SSSR count). The van der Waals surface area contributed by atoms with Crippen molar-refractivity contribution in [1.29, 1.82) is 0 Å². The van der Waals surface area contributed by atoms with E-state index >= 15 is 0 Å². The first-order valence-corrected chi connectivity index (χ1v) is 10.3. The van der Waals surface area contributed by atoms with Gasteiger partial charge < -0.3 is 19.7 Å². The molecular formula is C20H38N4O4. The summed E-state index contributed by atoms with van der Waals surface area (Å²) in [6.45, 7) is 18.2. The van der Waals surface area contributed by atoms with Gasteiger partial charge in [-0.1, -0.05) is 0 Å². The van der Waals surface area contributed by atoms with Gasteiger partial charge in [-0.05, 0) is 48.0 Å². The fourth-order valence-electron chi connectivity index (χ4n) is 3.39. The molecule has 1 atom stereocenters. The van der Waals surface area contributed by atoms with Gasteiger partial charge in [-0.3, -0.25) is 9.80 Å². The molecule has 0 spiro atoms. The normalized spacial score (nSPS) is 22.2. The number of nitrogens with one attached hydrogen (secondary N) is 1. The molecule has 2 aliphatic heterocycles. The highest BCUT2D eigenvalue weighted by Crippen LogP contribution is 2.14. The molecule has 162 valence electrons. The van der Waals surface area contributed by atoms with Crippen molar-refractivity contribution >= 4 is 12.2 Å². The smallest absolute Gasteiger partial charge is 0.410 e. The van der Waals surface area contributed by atoms with E-state index < -0.39 is 11.2 Å². The van der Waals surface area contributed by atoms with Gasteiger partial charge >= 0.3 is 12.2 Å². The van der Waals surface area contributed by atoms with E-state index in [2.05, 4.69) is 15.1 Å². The van der Waals surface area contributed by atoms with E-state index in [4.69, 9.17) is 9.47 Å². The van der Waals surface area contributed by atoms with Crippen LogP contribution in [-0.2, 0) is 9.47 Å². The summed E-state index contributed by atoms with van der Waals surface area (Å²) in [5, 5.41) is 2.97. The van der Waals surface area contributed by atoms with E-state index in [1.807, 2.05) is 41.5 Å². The second-order valence-corrected chi connectivity index (χ2v) is 9.74. The Morgan fingerprint density at radius 3 is 2.00 bits per heavy atom. The van der Waals surface area contributed by atoms with Crippen LogP contribution < -0.4 is 5.32 Å². The lowest BCUT2D eigenvalue weighted by Gasteiger charge is -2.36. The number of likely N-dealkylation sites (tertiary alicyclic amines) is 1. The molecule has 2 fully saturated rings. The molecule has 2 aliphatic rings. The molecule has 0 aromatic carbocycles. The number of hydrogen-bond acceptors (Lipinski definition) is 6. The van der Waals surface area contributed by atoms with Crippen LogP contribution in [-0.4, -0.2) is 96.5 Å². The van der Waals surface area contributed by atoms with Gasteiger partial charge in [-0.25, -0.2) is 9.59 Å². The molecule has 28 heavy (non-hydrogen) atoms. The van der Waals surface area contributed by atoms with Crippen molar-refractivity contribution in [3.63, 3.8) is 0 Å². The Hall–Kier alpha value is -1.54. The zero-order chi connectivity index (χ0) is 20.9. The Morgan fingerprint density at radius 2 is 1.43 bits per heavy atom. The monoisotopic (exact) mass is 398 g/mol. The largest absolute Gasteiger partial charge is 0.444 e. The quantitative estimate of drug-likeness (QED) is 0.782. The first kappa shape index (κ1) is 22.7. The molecular weight excluding hydrogens is 360 g/mol. The number of nitrogens with zero attached hydrogens (tertiary/aromatic N) is 3. The first-order valence-electron chi connectivity index (χ1n) is 10.3. The van der Waals surface area contributed by atoms with Crippen LogP contribution in [0.3, 0.4) is 0 Å². The lowest BCUT2D eigenvalue weighted by atomic mass is 10.2. The van der Waals surface area contributed by atoms with Crippen LogP contribution in [0.25, 0.3) is 0 Å². The van der Waals surface area contributed by atoms with Gasteiger partial charge in [0.05, 0.1) is 0 Å². The molecule has 2 heterocycles. The summed E-state index contributed by atoms with van der Waals surface area (Å²) in [7, 11) is 0. The minimum absolute atomic E-state index is 0.152. The molecule has 0 aromatic rings. The number of carbonyl (C=O) groups is 2. The van der Waals surface area contributed by atoms with Gasteiger partial charge in [0.2, 0.25) is 0 Å². The Balaban J connectivity index is 1.63. The van der Waals surface area contributed by atoms with Crippen LogP contribution >= 0.6 is 0 Å². The van der Waals surface area contributed by atoms with Crippen molar-refractivity contribution in [1.82, 2.24) is 20.0 Å². The number of carbonyl (C=O) groups excluding carboxylic acids is 2. The number of rotatable bonds is 4. The summed E-state index contributed by atoms with van der Waals surface area (Å²) in [5.41, 5.74) is -0.919. The Bertz CT molecular complexity index is 531. The molecule has 0 bridgehead atoms. The lowest BCUT2D eigenvalue weighted by molar-refractivity contribution is 0.0139. The third kappa shape index (κ3) is 8.22. The molecule has 0 aliphatic carbocycles. The summed E-state index contributed by atoms with van der Waals surface area (Å²) < 4.78 is 10.8. The van der Waals surface area contributed by atoms with Gasteiger partial charge in [0, 0.05) is 58.4 Å². The van der Waals surface area contributed by atoms with E-state index in [1.165, 1.54) is 0 Å². The second kappa shape index (κ2) is 9.31. The van der Waals surface area contributed by atoms with Crippen LogP contribution in [0.15, 0.2) is 0 Å². The topological polar surface area (TPSA) is 74.4 Å². The maximum Gasteiger partial charge on any atom is 0.410 e. The van der Waals surface area contributed by atoms with Gasteiger partial charge in [-0.15, -0.1) is 0 Å². The number of ether oxygens (including phenoxy) is 2. The highest BCUT2D eigenvalue weighted by atomic mass is 16.6. The summed E-state index contributed by atoms with van der Waals surface area (Å²) >= 11 is 0. The van der Waals surface area contributed by atoms with E-state index in [0.29, 0.717) is 13.1 Å². The number of hydrogen-bond donors (Lipinski definition) is 1. The molecule has 0 unspecified atom stereocenters. The number of alkyl carbamates (subject to hydrolysis) is 1. The number of amides is 2. The summed E-state index contributed by atoms with van der Waals surface area (Å²) in [5.74, 6) is 0. The van der Waals surface area contributed by atoms with Crippen molar-refractivity contribution in [3.8, 4) is 0 Å². The van der Waals surface area contributed by atoms with Crippen LogP contribution in [0.2, 0.25) is 0 Å². The fraction of sp³-hybridized carbons (Fsp3) is 0.900. The fourth-order valence-corrected chi connectivity index (χ4v) is 3.39. The van der Waals surface area contributed by atoms with Gasteiger partial charge in [0.1, 0.15) is 11.2 Å².